The van der Waals surface area contributed by atoms with Crippen molar-refractivity contribution in [3.8, 4) is 0 Å². The SMILES string of the molecule is CCN(CC)CCCCNC(=NC)NCCC1=CCCCC1. The topological polar surface area (TPSA) is 39.7 Å². The summed E-state index contributed by atoms with van der Waals surface area (Å²) in [6.07, 6.45) is 11.3. The van der Waals surface area contributed by atoms with E-state index in [-0.39, 0.29) is 0 Å². The molecule has 2 N–H and O–H groups in total. The number of hydrogen-bond acceptors (Lipinski definition) is 2. The van der Waals surface area contributed by atoms with Crippen molar-refractivity contribution in [2.24, 2.45) is 4.99 Å². The first-order chi connectivity index (χ1) is 10.8. The summed E-state index contributed by atoms with van der Waals surface area (Å²) in [5.74, 6) is 0.944. The summed E-state index contributed by atoms with van der Waals surface area (Å²) in [6.45, 7) is 9.97. The molecule has 0 saturated carbocycles. The molecule has 22 heavy (non-hydrogen) atoms. The highest BCUT2D eigenvalue weighted by Gasteiger charge is 2.04. The Labute approximate surface area is 137 Å². The van der Waals surface area contributed by atoms with Crippen LogP contribution in [0.4, 0.5) is 0 Å². The smallest absolute Gasteiger partial charge is 0.190 e. The Balaban J connectivity index is 2.06. The first kappa shape index (κ1) is 19.0. The van der Waals surface area contributed by atoms with Gasteiger partial charge in [0.25, 0.3) is 0 Å². The molecule has 1 aliphatic carbocycles. The molecule has 4 heteroatoms. The van der Waals surface area contributed by atoms with Crippen LogP contribution in [0.5, 0.6) is 0 Å². The minimum Gasteiger partial charge on any atom is -0.356 e. The lowest BCUT2D eigenvalue weighted by atomic mass is 9.97. The Hall–Kier alpha value is -1.03. The Morgan fingerprint density at radius 2 is 1.91 bits per heavy atom. The number of aliphatic imine (C=N–C) groups is 1. The second-order valence-electron chi connectivity index (χ2n) is 6.02. The van der Waals surface area contributed by atoms with Gasteiger partial charge in [-0.1, -0.05) is 25.5 Å². The van der Waals surface area contributed by atoms with Crippen molar-refractivity contribution in [1.82, 2.24) is 15.5 Å². The number of guanidine groups is 1. The molecule has 0 bridgehead atoms. The predicted molar refractivity (Wildman–Crippen MR) is 97.6 cm³/mol. The van der Waals surface area contributed by atoms with Crippen LogP contribution >= 0.6 is 0 Å². The van der Waals surface area contributed by atoms with Gasteiger partial charge in [-0.2, -0.15) is 0 Å². The molecular weight excluding hydrogens is 272 g/mol. The van der Waals surface area contributed by atoms with Crippen LogP contribution < -0.4 is 10.6 Å². The van der Waals surface area contributed by atoms with Gasteiger partial charge in [0.15, 0.2) is 5.96 Å². The molecule has 0 spiro atoms. The van der Waals surface area contributed by atoms with E-state index in [1.165, 1.54) is 45.1 Å². The molecule has 0 heterocycles. The first-order valence-corrected chi connectivity index (χ1v) is 9.14. The molecule has 1 rings (SSSR count). The van der Waals surface area contributed by atoms with Crippen molar-refractivity contribution in [3.63, 3.8) is 0 Å². The second kappa shape index (κ2) is 12.5. The van der Waals surface area contributed by atoms with Crippen LogP contribution in [-0.4, -0.2) is 50.6 Å². The van der Waals surface area contributed by atoms with E-state index in [0.717, 1.165) is 38.6 Å². The third-order valence-electron chi connectivity index (χ3n) is 4.44. The second-order valence-corrected chi connectivity index (χ2v) is 6.02. The van der Waals surface area contributed by atoms with E-state index in [1.54, 1.807) is 5.57 Å². The van der Waals surface area contributed by atoms with Crippen LogP contribution in [0.25, 0.3) is 0 Å². The van der Waals surface area contributed by atoms with E-state index in [9.17, 15) is 0 Å². The molecule has 0 atom stereocenters. The van der Waals surface area contributed by atoms with Gasteiger partial charge >= 0.3 is 0 Å². The molecule has 1 aliphatic rings. The number of nitrogens with one attached hydrogen (secondary N) is 2. The normalized spacial score (nSPS) is 15.8. The summed E-state index contributed by atoms with van der Waals surface area (Å²) >= 11 is 0. The fourth-order valence-electron chi connectivity index (χ4n) is 2.90. The average molecular weight is 309 g/mol. The van der Waals surface area contributed by atoms with Crippen LogP contribution in [-0.2, 0) is 0 Å². The molecule has 0 unspecified atom stereocenters. The predicted octanol–water partition coefficient (Wildman–Crippen LogP) is 3.16. The molecule has 4 nitrogen and oxygen atoms in total. The highest BCUT2D eigenvalue weighted by molar-refractivity contribution is 5.79. The quantitative estimate of drug-likeness (QED) is 0.282. The number of hydrogen-bond donors (Lipinski definition) is 2. The summed E-state index contributed by atoms with van der Waals surface area (Å²) in [4.78, 5) is 6.78. The molecule has 0 aromatic rings. The average Bonchev–Trinajstić information content (AvgIpc) is 2.57. The van der Waals surface area contributed by atoms with Crippen molar-refractivity contribution in [3.05, 3.63) is 11.6 Å². The zero-order valence-electron chi connectivity index (χ0n) is 15.0. The molecule has 0 aromatic heterocycles. The number of rotatable bonds is 10. The van der Waals surface area contributed by atoms with Crippen LogP contribution in [0.3, 0.4) is 0 Å². The van der Waals surface area contributed by atoms with Gasteiger partial charge in [0.1, 0.15) is 0 Å². The minimum absolute atomic E-state index is 0.944. The van der Waals surface area contributed by atoms with Crippen molar-refractivity contribution in [2.45, 2.75) is 58.8 Å². The van der Waals surface area contributed by atoms with E-state index in [2.05, 4.69) is 40.4 Å². The lowest BCUT2D eigenvalue weighted by Gasteiger charge is -2.18. The van der Waals surface area contributed by atoms with Crippen LogP contribution in [0, 0.1) is 0 Å². The van der Waals surface area contributed by atoms with Gasteiger partial charge in [-0.3, -0.25) is 4.99 Å². The molecule has 0 radical (unpaired) electrons. The summed E-state index contributed by atoms with van der Waals surface area (Å²) in [5, 5.41) is 6.84. The Morgan fingerprint density at radius 3 is 2.55 bits per heavy atom. The van der Waals surface area contributed by atoms with Gasteiger partial charge < -0.3 is 15.5 Å². The van der Waals surface area contributed by atoms with Crippen molar-refractivity contribution in [1.29, 1.82) is 0 Å². The molecule has 0 aliphatic heterocycles. The van der Waals surface area contributed by atoms with Gasteiger partial charge in [0, 0.05) is 20.1 Å². The summed E-state index contributed by atoms with van der Waals surface area (Å²) in [7, 11) is 1.85. The van der Waals surface area contributed by atoms with E-state index in [1.807, 2.05) is 7.05 Å². The van der Waals surface area contributed by atoms with Crippen molar-refractivity contribution in [2.75, 3.05) is 39.8 Å². The van der Waals surface area contributed by atoms with Crippen LogP contribution in [0.2, 0.25) is 0 Å². The minimum atomic E-state index is 0.944. The largest absolute Gasteiger partial charge is 0.356 e. The van der Waals surface area contributed by atoms with Crippen LogP contribution in [0.1, 0.15) is 58.8 Å². The number of unbranched alkanes of at least 4 members (excludes halogenated alkanes) is 1. The Bertz CT molecular complexity index is 332. The van der Waals surface area contributed by atoms with Gasteiger partial charge in [0.05, 0.1) is 0 Å². The van der Waals surface area contributed by atoms with Gasteiger partial charge in [0.2, 0.25) is 0 Å². The van der Waals surface area contributed by atoms with Gasteiger partial charge in [-0.05, 0) is 64.6 Å². The van der Waals surface area contributed by atoms with Crippen molar-refractivity contribution < 1.29 is 0 Å². The number of allylic oxidation sites excluding steroid dienone is 1. The molecule has 0 aromatic carbocycles. The standard InChI is InChI=1S/C18H36N4/c1-4-22(5-2)16-10-9-14-20-18(19-3)21-15-13-17-11-7-6-8-12-17/h11H,4-10,12-16H2,1-3H3,(H2,19,20,21). The lowest BCUT2D eigenvalue weighted by molar-refractivity contribution is 0.297. The molecule has 0 amide bonds. The maximum absolute atomic E-state index is 4.30. The van der Waals surface area contributed by atoms with Crippen LogP contribution in [0.15, 0.2) is 16.6 Å². The summed E-state index contributed by atoms with van der Waals surface area (Å²) < 4.78 is 0. The Morgan fingerprint density at radius 1 is 1.14 bits per heavy atom. The lowest BCUT2D eigenvalue weighted by Crippen LogP contribution is -2.38. The van der Waals surface area contributed by atoms with Gasteiger partial charge in [-0.15, -0.1) is 0 Å². The zero-order valence-corrected chi connectivity index (χ0v) is 15.0. The molecule has 0 saturated heterocycles. The molecule has 128 valence electrons. The zero-order chi connectivity index (χ0) is 16.0. The van der Waals surface area contributed by atoms with Gasteiger partial charge in [-0.25, -0.2) is 0 Å². The van der Waals surface area contributed by atoms with E-state index in [4.69, 9.17) is 0 Å². The van der Waals surface area contributed by atoms with E-state index in [0.29, 0.717) is 0 Å². The van der Waals surface area contributed by atoms with Crippen molar-refractivity contribution >= 4 is 5.96 Å². The summed E-state index contributed by atoms with van der Waals surface area (Å²) in [5.41, 5.74) is 1.62. The molecular formula is C18H36N4. The molecule has 0 fully saturated rings. The maximum Gasteiger partial charge on any atom is 0.190 e. The van der Waals surface area contributed by atoms with E-state index >= 15 is 0 Å². The first-order valence-electron chi connectivity index (χ1n) is 9.14. The highest BCUT2D eigenvalue weighted by atomic mass is 15.2. The summed E-state index contributed by atoms with van der Waals surface area (Å²) in [6, 6.07) is 0. The monoisotopic (exact) mass is 308 g/mol. The third kappa shape index (κ3) is 8.42. The Kier molecular flexibility index (Phi) is 10.8. The fourth-order valence-corrected chi connectivity index (χ4v) is 2.90. The highest BCUT2D eigenvalue weighted by Crippen LogP contribution is 2.19. The third-order valence-corrected chi connectivity index (χ3v) is 4.44. The number of nitrogens with zero attached hydrogens (tertiary/aromatic N) is 2. The maximum atomic E-state index is 4.30. The van der Waals surface area contributed by atoms with E-state index < -0.39 is 0 Å². The fraction of sp³-hybridized carbons (Fsp3) is 0.833.